The van der Waals surface area contributed by atoms with Crippen LogP contribution in [0.25, 0.3) is 5.70 Å². The lowest BCUT2D eigenvalue weighted by atomic mass is 9.93. The van der Waals surface area contributed by atoms with Gasteiger partial charge >= 0.3 is 0 Å². The highest BCUT2D eigenvalue weighted by Crippen LogP contribution is 2.25. The monoisotopic (exact) mass is 185 g/mol. The number of hydrogen-bond donors (Lipinski definition) is 1. The van der Waals surface area contributed by atoms with Crippen molar-refractivity contribution in [1.82, 2.24) is 5.32 Å². The Bertz CT molecular complexity index is 388. The van der Waals surface area contributed by atoms with Gasteiger partial charge in [-0.2, -0.15) is 0 Å². The molecule has 1 aromatic carbocycles. The molecule has 0 aromatic heterocycles. The van der Waals surface area contributed by atoms with E-state index in [9.17, 15) is 0 Å². The Hall–Kier alpha value is -1.50. The molecule has 1 aliphatic rings. The Morgan fingerprint density at radius 1 is 1.43 bits per heavy atom. The third-order valence-corrected chi connectivity index (χ3v) is 2.57. The summed E-state index contributed by atoms with van der Waals surface area (Å²) in [5, 5.41) is 3.19. The number of allylic oxidation sites excluding steroid dienone is 1. The maximum Gasteiger partial charge on any atom is 0.0415 e. The van der Waals surface area contributed by atoms with Crippen LogP contribution in [0.4, 0.5) is 0 Å². The summed E-state index contributed by atoms with van der Waals surface area (Å²) in [5.74, 6) is 0. The van der Waals surface area contributed by atoms with Crippen molar-refractivity contribution in [2.45, 2.75) is 19.8 Å². The molecule has 0 fully saturated rings. The molecule has 0 aliphatic heterocycles. The molecule has 1 nitrogen and oxygen atoms in total. The van der Waals surface area contributed by atoms with E-state index in [2.05, 4.69) is 43.1 Å². The van der Waals surface area contributed by atoms with E-state index in [0.717, 1.165) is 12.8 Å². The molecule has 0 amide bonds. The Morgan fingerprint density at radius 2 is 2.29 bits per heavy atom. The van der Waals surface area contributed by atoms with Crippen molar-refractivity contribution in [2.24, 2.45) is 0 Å². The molecule has 1 heteroatoms. The van der Waals surface area contributed by atoms with Gasteiger partial charge in [-0.25, -0.2) is 0 Å². The van der Waals surface area contributed by atoms with Crippen LogP contribution in [0, 0.1) is 6.92 Å². The first-order valence-electron chi connectivity index (χ1n) is 4.99. The van der Waals surface area contributed by atoms with Gasteiger partial charge < -0.3 is 5.32 Å². The minimum absolute atomic E-state index is 1.12. The fourth-order valence-corrected chi connectivity index (χ4v) is 1.92. The van der Waals surface area contributed by atoms with Gasteiger partial charge in [0, 0.05) is 11.3 Å². The van der Waals surface area contributed by atoms with Crippen molar-refractivity contribution in [3.05, 3.63) is 53.7 Å². The fourth-order valence-electron chi connectivity index (χ4n) is 1.92. The van der Waals surface area contributed by atoms with Gasteiger partial charge in [-0.15, -0.1) is 0 Å². The Morgan fingerprint density at radius 3 is 3.07 bits per heavy atom. The van der Waals surface area contributed by atoms with E-state index in [1.54, 1.807) is 6.20 Å². The number of hydrogen-bond acceptors (Lipinski definition) is 1. The van der Waals surface area contributed by atoms with Gasteiger partial charge in [0.25, 0.3) is 0 Å². The number of benzene rings is 1. The highest BCUT2D eigenvalue weighted by molar-refractivity contribution is 5.69. The van der Waals surface area contributed by atoms with Crippen molar-refractivity contribution in [3.63, 3.8) is 0 Å². The Kier molecular flexibility index (Phi) is 2.40. The van der Waals surface area contributed by atoms with Crippen LogP contribution in [-0.2, 0) is 6.42 Å². The molecular weight excluding hydrogens is 170 g/mol. The number of nitrogens with one attached hydrogen (secondary N) is 1. The summed E-state index contributed by atoms with van der Waals surface area (Å²) in [6.45, 7) is 5.83. The third kappa shape index (κ3) is 1.58. The molecule has 1 N–H and O–H groups in total. The zero-order chi connectivity index (χ0) is 9.97. The second-order valence-corrected chi connectivity index (χ2v) is 3.67. The maximum atomic E-state index is 3.69. The van der Waals surface area contributed by atoms with Crippen LogP contribution < -0.4 is 5.32 Å². The van der Waals surface area contributed by atoms with Crippen molar-refractivity contribution in [1.29, 1.82) is 0 Å². The molecule has 0 spiro atoms. The summed E-state index contributed by atoms with van der Waals surface area (Å²) in [6.07, 6.45) is 6.24. The maximum absolute atomic E-state index is 3.69. The molecule has 14 heavy (non-hydrogen) atoms. The Labute approximate surface area is 85.2 Å². The van der Waals surface area contributed by atoms with E-state index in [-0.39, 0.29) is 0 Å². The van der Waals surface area contributed by atoms with Crippen LogP contribution >= 0.6 is 0 Å². The molecule has 0 radical (unpaired) electrons. The third-order valence-electron chi connectivity index (χ3n) is 2.57. The predicted molar refractivity (Wildman–Crippen MR) is 60.8 cm³/mol. The van der Waals surface area contributed by atoms with Crippen LogP contribution in [0.2, 0.25) is 0 Å². The van der Waals surface area contributed by atoms with E-state index in [0.29, 0.717) is 0 Å². The lowest BCUT2D eigenvalue weighted by Gasteiger charge is -2.18. The van der Waals surface area contributed by atoms with Gasteiger partial charge in [-0.05, 0) is 31.5 Å². The van der Waals surface area contributed by atoms with E-state index in [4.69, 9.17) is 0 Å². The summed E-state index contributed by atoms with van der Waals surface area (Å²) in [7, 11) is 0. The van der Waals surface area contributed by atoms with Gasteiger partial charge in [-0.1, -0.05) is 36.4 Å². The minimum Gasteiger partial charge on any atom is -0.362 e. The van der Waals surface area contributed by atoms with Gasteiger partial charge in [-0.3, -0.25) is 0 Å². The average molecular weight is 185 g/mol. The molecule has 2 rings (SSSR count). The Balaban J connectivity index is 2.43. The molecule has 0 bridgehead atoms. The van der Waals surface area contributed by atoms with Gasteiger partial charge in [0.1, 0.15) is 0 Å². The number of fused-ring (bicyclic) bond motifs is 1. The standard InChI is InChI=1S/C13H15N/c1-3-14-13-6-4-5-11-9-10(2)7-8-12(11)13/h3,6-9,14H,1,4-5H2,2H3. The second-order valence-electron chi connectivity index (χ2n) is 3.67. The van der Waals surface area contributed by atoms with Gasteiger partial charge in [0.2, 0.25) is 0 Å². The number of rotatable bonds is 2. The number of aryl methyl sites for hydroxylation is 2. The summed E-state index contributed by atoms with van der Waals surface area (Å²) >= 11 is 0. The smallest absolute Gasteiger partial charge is 0.0415 e. The molecule has 0 heterocycles. The van der Waals surface area contributed by atoms with Crippen LogP contribution in [0.5, 0.6) is 0 Å². The first-order chi connectivity index (χ1) is 6.81. The molecule has 0 saturated heterocycles. The largest absolute Gasteiger partial charge is 0.362 e. The lowest BCUT2D eigenvalue weighted by molar-refractivity contribution is 0.955. The molecule has 0 saturated carbocycles. The SMILES string of the molecule is C=CNC1=CCCc2cc(C)ccc21. The molecule has 1 aliphatic carbocycles. The highest BCUT2D eigenvalue weighted by atomic mass is 14.8. The molecule has 0 atom stereocenters. The van der Waals surface area contributed by atoms with E-state index in [1.165, 1.54) is 22.4 Å². The molecule has 1 aromatic rings. The summed E-state index contributed by atoms with van der Waals surface area (Å²) in [5.41, 5.74) is 5.29. The predicted octanol–water partition coefficient (Wildman–Crippen LogP) is 3.02. The highest BCUT2D eigenvalue weighted by Gasteiger charge is 2.10. The van der Waals surface area contributed by atoms with Crippen LogP contribution in [0.15, 0.2) is 37.1 Å². The normalized spacial score (nSPS) is 14.2. The van der Waals surface area contributed by atoms with Crippen molar-refractivity contribution >= 4 is 5.70 Å². The van der Waals surface area contributed by atoms with E-state index in [1.807, 2.05) is 0 Å². The van der Waals surface area contributed by atoms with Crippen molar-refractivity contribution in [2.75, 3.05) is 0 Å². The summed E-state index contributed by atoms with van der Waals surface area (Å²) in [4.78, 5) is 0. The summed E-state index contributed by atoms with van der Waals surface area (Å²) < 4.78 is 0. The van der Waals surface area contributed by atoms with Gasteiger partial charge in [0.05, 0.1) is 0 Å². The average Bonchev–Trinajstić information content (AvgIpc) is 2.18. The lowest BCUT2D eigenvalue weighted by Crippen LogP contribution is -2.09. The first kappa shape index (κ1) is 9.07. The molecular formula is C13H15N. The zero-order valence-electron chi connectivity index (χ0n) is 8.51. The molecule has 72 valence electrons. The zero-order valence-corrected chi connectivity index (χ0v) is 8.51. The van der Waals surface area contributed by atoms with E-state index >= 15 is 0 Å². The molecule has 0 unspecified atom stereocenters. The topological polar surface area (TPSA) is 12.0 Å². The van der Waals surface area contributed by atoms with Crippen LogP contribution in [-0.4, -0.2) is 0 Å². The van der Waals surface area contributed by atoms with Crippen molar-refractivity contribution < 1.29 is 0 Å². The van der Waals surface area contributed by atoms with Gasteiger partial charge in [0.15, 0.2) is 0 Å². The second kappa shape index (κ2) is 3.70. The minimum atomic E-state index is 1.12. The first-order valence-corrected chi connectivity index (χ1v) is 4.99. The van der Waals surface area contributed by atoms with Crippen LogP contribution in [0.3, 0.4) is 0 Å². The van der Waals surface area contributed by atoms with Crippen molar-refractivity contribution in [3.8, 4) is 0 Å². The van der Waals surface area contributed by atoms with E-state index < -0.39 is 0 Å². The quantitative estimate of drug-likeness (QED) is 0.746. The fraction of sp³-hybridized carbons (Fsp3) is 0.231. The summed E-state index contributed by atoms with van der Waals surface area (Å²) in [6, 6.07) is 6.61. The van der Waals surface area contributed by atoms with Crippen LogP contribution in [0.1, 0.15) is 23.1 Å².